The largest absolute Gasteiger partial charge is 0.481 e. The van der Waals surface area contributed by atoms with Gasteiger partial charge in [0.15, 0.2) is 0 Å². The molecule has 15 heavy (non-hydrogen) atoms. The number of aliphatic carboxylic acids is 1. The van der Waals surface area contributed by atoms with Crippen LogP contribution in [0.15, 0.2) is 17.5 Å². The van der Waals surface area contributed by atoms with E-state index in [4.69, 9.17) is 9.84 Å². The van der Waals surface area contributed by atoms with Crippen molar-refractivity contribution in [2.24, 2.45) is 0 Å². The highest BCUT2D eigenvalue weighted by molar-refractivity contribution is 7.09. The molecule has 1 aromatic rings. The fourth-order valence-electron chi connectivity index (χ4n) is 1.30. The molecule has 1 unspecified atom stereocenters. The lowest BCUT2D eigenvalue weighted by Gasteiger charge is -2.13. The molecule has 1 N–H and O–H groups in total. The van der Waals surface area contributed by atoms with E-state index in [-0.39, 0.29) is 12.5 Å². The zero-order valence-electron chi connectivity index (χ0n) is 8.81. The normalized spacial score (nSPS) is 12.6. The van der Waals surface area contributed by atoms with Crippen LogP contribution in [-0.4, -0.2) is 23.8 Å². The summed E-state index contributed by atoms with van der Waals surface area (Å²) in [6, 6.07) is 4.07. The van der Waals surface area contributed by atoms with Crippen molar-refractivity contribution < 1.29 is 14.6 Å². The minimum absolute atomic E-state index is 0.0982. The number of carboxylic acid groups (broad SMARTS) is 1. The predicted molar refractivity (Wildman–Crippen MR) is 60.3 cm³/mol. The van der Waals surface area contributed by atoms with Crippen molar-refractivity contribution >= 4 is 17.3 Å². The van der Waals surface area contributed by atoms with Crippen LogP contribution in [0.5, 0.6) is 0 Å². The van der Waals surface area contributed by atoms with Gasteiger partial charge < -0.3 is 9.84 Å². The van der Waals surface area contributed by atoms with Gasteiger partial charge in [-0.3, -0.25) is 4.79 Å². The second-order valence-corrected chi connectivity index (χ2v) is 4.36. The van der Waals surface area contributed by atoms with Crippen molar-refractivity contribution in [2.75, 3.05) is 6.61 Å². The third-order valence-electron chi connectivity index (χ3n) is 2.14. The van der Waals surface area contributed by atoms with Crippen LogP contribution in [0.4, 0.5) is 0 Å². The molecule has 0 saturated carbocycles. The SMILES string of the molecule is CCC(CC(=O)O)OCCc1cccs1. The van der Waals surface area contributed by atoms with Crippen LogP contribution in [0.1, 0.15) is 24.6 Å². The molecule has 1 heterocycles. The number of ether oxygens (including phenoxy) is 1. The summed E-state index contributed by atoms with van der Waals surface area (Å²) >= 11 is 1.70. The number of hydrogen-bond acceptors (Lipinski definition) is 3. The molecule has 0 fully saturated rings. The van der Waals surface area contributed by atoms with Crippen molar-refractivity contribution in [3.8, 4) is 0 Å². The van der Waals surface area contributed by atoms with Crippen LogP contribution < -0.4 is 0 Å². The minimum Gasteiger partial charge on any atom is -0.481 e. The van der Waals surface area contributed by atoms with Crippen molar-refractivity contribution in [3.05, 3.63) is 22.4 Å². The Kier molecular flexibility index (Phi) is 5.36. The summed E-state index contributed by atoms with van der Waals surface area (Å²) in [5.41, 5.74) is 0. The molecule has 0 aliphatic rings. The first-order chi connectivity index (χ1) is 7.22. The number of thiophene rings is 1. The molecular weight excluding hydrogens is 212 g/mol. The van der Waals surface area contributed by atoms with Crippen LogP contribution in [0.2, 0.25) is 0 Å². The highest BCUT2D eigenvalue weighted by Gasteiger charge is 2.11. The predicted octanol–water partition coefficient (Wildman–Crippen LogP) is 2.56. The molecule has 0 aliphatic heterocycles. The lowest BCUT2D eigenvalue weighted by Crippen LogP contribution is -2.17. The Morgan fingerprint density at radius 3 is 3.00 bits per heavy atom. The van der Waals surface area contributed by atoms with Crippen molar-refractivity contribution in [3.63, 3.8) is 0 Å². The zero-order chi connectivity index (χ0) is 11.1. The van der Waals surface area contributed by atoms with Crippen molar-refractivity contribution in [1.82, 2.24) is 0 Å². The van der Waals surface area contributed by atoms with Crippen LogP contribution in [0.25, 0.3) is 0 Å². The van der Waals surface area contributed by atoms with Crippen LogP contribution >= 0.6 is 11.3 Å². The Morgan fingerprint density at radius 2 is 2.47 bits per heavy atom. The zero-order valence-corrected chi connectivity index (χ0v) is 9.63. The molecule has 1 rings (SSSR count). The Bertz CT molecular complexity index is 282. The van der Waals surface area contributed by atoms with E-state index in [0.29, 0.717) is 6.61 Å². The molecule has 1 atom stereocenters. The Balaban J connectivity index is 2.20. The molecule has 4 heteroatoms. The molecule has 0 aromatic carbocycles. The third-order valence-corrected chi connectivity index (χ3v) is 3.08. The Labute approximate surface area is 93.7 Å². The first-order valence-electron chi connectivity index (χ1n) is 5.08. The maximum atomic E-state index is 10.5. The highest BCUT2D eigenvalue weighted by atomic mass is 32.1. The first kappa shape index (κ1) is 12.2. The monoisotopic (exact) mass is 228 g/mol. The van der Waals surface area contributed by atoms with E-state index in [0.717, 1.165) is 12.8 Å². The average Bonchev–Trinajstić information content (AvgIpc) is 2.68. The smallest absolute Gasteiger partial charge is 0.305 e. The summed E-state index contributed by atoms with van der Waals surface area (Å²) < 4.78 is 5.50. The highest BCUT2D eigenvalue weighted by Crippen LogP contribution is 2.10. The molecule has 3 nitrogen and oxygen atoms in total. The molecule has 0 bridgehead atoms. The lowest BCUT2D eigenvalue weighted by molar-refractivity contribution is -0.140. The fourth-order valence-corrected chi connectivity index (χ4v) is 1.99. The van der Waals surface area contributed by atoms with Gasteiger partial charge in [-0.25, -0.2) is 0 Å². The Morgan fingerprint density at radius 1 is 1.67 bits per heavy atom. The maximum Gasteiger partial charge on any atom is 0.305 e. The first-order valence-corrected chi connectivity index (χ1v) is 5.96. The summed E-state index contributed by atoms with van der Waals surface area (Å²) in [6.07, 6.45) is 1.56. The molecule has 1 aromatic heterocycles. The van der Waals surface area contributed by atoms with Crippen LogP contribution in [-0.2, 0) is 16.0 Å². The number of hydrogen-bond donors (Lipinski definition) is 1. The second kappa shape index (κ2) is 6.58. The summed E-state index contributed by atoms with van der Waals surface area (Å²) in [5, 5.41) is 10.7. The van der Waals surface area contributed by atoms with Gasteiger partial charge in [-0.05, 0) is 17.9 Å². The van der Waals surface area contributed by atoms with E-state index in [9.17, 15) is 4.79 Å². The van der Waals surface area contributed by atoms with Gasteiger partial charge in [-0.15, -0.1) is 11.3 Å². The van der Waals surface area contributed by atoms with E-state index in [1.807, 2.05) is 18.4 Å². The van der Waals surface area contributed by atoms with E-state index >= 15 is 0 Å². The maximum absolute atomic E-state index is 10.5. The third kappa shape index (κ3) is 4.95. The number of carbonyl (C=O) groups is 1. The molecule has 0 amide bonds. The van der Waals surface area contributed by atoms with E-state index in [1.54, 1.807) is 11.3 Å². The summed E-state index contributed by atoms with van der Waals surface area (Å²) in [7, 11) is 0. The number of rotatable bonds is 7. The quantitative estimate of drug-likeness (QED) is 0.780. The summed E-state index contributed by atoms with van der Waals surface area (Å²) in [5.74, 6) is -0.794. The van der Waals surface area contributed by atoms with Gasteiger partial charge >= 0.3 is 5.97 Å². The molecule has 0 saturated heterocycles. The molecule has 0 spiro atoms. The van der Waals surface area contributed by atoms with Gasteiger partial charge in [0, 0.05) is 11.3 Å². The molecular formula is C11H16O3S. The lowest BCUT2D eigenvalue weighted by atomic mass is 10.2. The van der Waals surface area contributed by atoms with E-state index in [2.05, 4.69) is 6.07 Å². The van der Waals surface area contributed by atoms with Gasteiger partial charge in [0.05, 0.1) is 19.1 Å². The van der Waals surface area contributed by atoms with Crippen molar-refractivity contribution in [1.29, 1.82) is 0 Å². The topological polar surface area (TPSA) is 46.5 Å². The van der Waals surface area contributed by atoms with Gasteiger partial charge in [-0.2, -0.15) is 0 Å². The van der Waals surface area contributed by atoms with Crippen LogP contribution in [0.3, 0.4) is 0 Å². The van der Waals surface area contributed by atoms with Gasteiger partial charge in [0.25, 0.3) is 0 Å². The van der Waals surface area contributed by atoms with Crippen molar-refractivity contribution in [2.45, 2.75) is 32.3 Å². The van der Waals surface area contributed by atoms with Crippen LogP contribution in [0, 0.1) is 0 Å². The van der Waals surface area contributed by atoms with Gasteiger partial charge in [0.2, 0.25) is 0 Å². The Hall–Kier alpha value is -0.870. The molecule has 0 radical (unpaired) electrons. The minimum atomic E-state index is -0.794. The van der Waals surface area contributed by atoms with Gasteiger partial charge in [0.1, 0.15) is 0 Å². The number of carboxylic acids is 1. The molecule has 0 aliphatic carbocycles. The average molecular weight is 228 g/mol. The fraction of sp³-hybridized carbons (Fsp3) is 0.545. The van der Waals surface area contributed by atoms with E-state index < -0.39 is 5.97 Å². The van der Waals surface area contributed by atoms with E-state index in [1.165, 1.54) is 4.88 Å². The molecule has 84 valence electrons. The van der Waals surface area contributed by atoms with Gasteiger partial charge in [-0.1, -0.05) is 13.0 Å². The summed E-state index contributed by atoms with van der Waals surface area (Å²) in [6.45, 7) is 2.55. The summed E-state index contributed by atoms with van der Waals surface area (Å²) in [4.78, 5) is 11.8. The standard InChI is InChI=1S/C11H16O3S/c1-2-9(8-11(12)13)14-6-5-10-4-3-7-15-10/h3-4,7,9H,2,5-6,8H2,1H3,(H,12,13). The second-order valence-electron chi connectivity index (χ2n) is 3.33.